The van der Waals surface area contributed by atoms with Gasteiger partial charge < -0.3 is 10.1 Å². The predicted octanol–water partition coefficient (Wildman–Crippen LogP) is 1.36. The molecule has 0 amide bonds. The lowest BCUT2D eigenvalue weighted by molar-refractivity contribution is 0.0304. The molecule has 2 aliphatic rings. The van der Waals surface area contributed by atoms with Crippen LogP contribution in [-0.2, 0) is 21.2 Å². The maximum atomic E-state index is 12.2. The summed E-state index contributed by atoms with van der Waals surface area (Å²) in [5.74, 6) is 0.0708. The lowest BCUT2D eigenvalue weighted by Crippen LogP contribution is -2.41. The van der Waals surface area contributed by atoms with Crippen LogP contribution in [0.1, 0.15) is 36.4 Å². The molecule has 0 bridgehead atoms. The van der Waals surface area contributed by atoms with Gasteiger partial charge in [0.2, 0.25) is 10.0 Å². The summed E-state index contributed by atoms with van der Waals surface area (Å²) >= 11 is 0. The Balaban J connectivity index is 1.58. The fourth-order valence-electron chi connectivity index (χ4n) is 3.23. The van der Waals surface area contributed by atoms with E-state index in [1.165, 1.54) is 11.1 Å². The predicted molar refractivity (Wildman–Crippen MR) is 86.3 cm³/mol. The van der Waals surface area contributed by atoms with E-state index in [2.05, 4.69) is 22.2 Å². The number of hydrogen-bond donors (Lipinski definition) is 2. The van der Waals surface area contributed by atoms with E-state index >= 15 is 0 Å². The van der Waals surface area contributed by atoms with Crippen LogP contribution in [0.3, 0.4) is 0 Å². The topological polar surface area (TPSA) is 67.4 Å². The van der Waals surface area contributed by atoms with Gasteiger partial charge in [-0.3, -0.25) is 0 Å². The highest BCUT2D eigenvalue weighted by Gasteiger charge is 2.24. The molecule has 2 atom stereocenters. The molecule has 1 saturated heterocycles. The highest BCUT2D eigenvalue weighted by atomic mass is 32.2. The molecule has 2 N–H and O–H groups in total. The van der Waals surface area contributed by atoms with Crippen molar-refractivity contribution in [3.8, 4) is 0 Å². The molecule has 6 heteroatoms. The van der Waals surface area contributed by atoms with Crippen molar-refractivity contribution in [1.29, 1.82) is 0 Å². The molecule has 2 aliphatic heterocycles. The molecule has 3 rings (SSSR count). The quantitative estimate of drug-likeness (QED) is 0.858. The Labute approximate surface area is 132 Å². The van der Waals surface area contributed by atoms with Crippen molar-refractivity contribution < 1.29 is 13.2 Å². The van der Waals surface area contributed by atoms with Gasteiger partial charge in [0.05, 0.1) is 11.9 Å². The largest absolute Gasteiger partial charge is 0.377 e. The third kappa shape index (κ3) is 4.07. The lowest BCUT2D eigenvalue weighted by Gasteiger charge is -2.27. The fourth-order valence-corrected chi connectivity index (χ4v) is 4.52. The van der Waals surface area contributed by atoms with Crippen molar-refractivity contribution in [3.63, 3.8) is 0 Å². The SMILES string of the molecule is O=S(=O)(CC1CCCCO1)NCC1NCCc2ccccc21. The van der Waals surface area contributed by atoms with Crippen LogP contribution in [-0.4, -0.2) is 40.0 Å². The van der Waals surface area contributed by atoms with Crippen molar-refractivity contribution in [2.24, 2.45) is 0 Å². The Bertz CT molecular complexity index is 597. The first-order valence-electron chi connectivity index (χ1n) is 8.04. The molecular weight excluding hydrogens is 300 g/mol. The minimum absolute atomic E-state index is 0.0481. The lowest BCUT2D eigenvalue weighted by atomic mass is 9.95. The molecule has 2 unspecified atom stereocenters. The molecule has 0 aliphatic carbocycles. The van der Waals surface area contributed by atoms with Gasteiger partial charge >= 0.3 is 0 Å². The number of rotatable bonds is 5. The molecule has 2 heterocycles. The summed E-state index contributed by atoms with van der Waals surface area (Å²) in [6.07, 6.45) is 3.77. The summed E-state index contributed by atoms with van der Waals surface area (Å²) in [7, 11) is -3.30. The molecular formula is C16H24N2O3S. The first-order valence-corrected chi connectivity index (χ1v) is 9.69. The van der Waals surface area contributed by atoms with Gasteiger partial charge in [0.15, 0.2) is 0 Å². The van der Waals surface area contributed by atoms with Crippen molar-refractivity contribution in [1.82, 2.24) is 10.0 Å². The normalized spacial score (nSPS) is 25.6. The zero-order valence-corrected chi connectivity index (χ0v) is 13.6. The van der Waals surface area contributed by atoms with E-state index in [9.17, 15) is 8.42 Å². The van der Waals surface area contributed by atoms with Gasteiger partial charge in [-0.15, -0.1) is 0 Å². The van der Waals surface area contributed by atoms with Crippen molar-refractivity contribution in [2.45, 2.75) is 37.8 Å². The number of hydrogen-bond acceptors (Lipinski definition) is 4. The van der Waals surface area contributed by atoms with Crippen LogP contribution in [0.15, 0.2) is 24.3 Å². The Morgan fingerprint density at radius 2 is 2.14 bits per heavy atom. The summed E-state index contributed by atoms with van der Waals surface area (Å²) < 4.78 is 32.7. The van der Waals surface area contributed by atoms with Crippen molar-refractivity contribution >= 4 is 10.0 Å². The van der Waals surface area contributed by atoms with Crippen LogP contribution >= 0.6 is 0 Å². The number of ether oxygens (including phenoxy) is 1. The molecule has 122 valence electrons. The van der Waals surface area contributed by atoms with Gasteiger partial charge in [0.1, 0.15) is 0 Å². The van der Waals surface area contributed by atoms with Crippen LogP contribution in [0.4, 0.5) is 0 Å². The van der Waals surface area contributed by atoms with E-state index in [0.29, 0.717) is 13.2 Å². The molecule has 5 nitrogen and oxygen atoms in total. The van der Waals surface area contributed by atoms with E-state index in [-0.39, 0.29) is 17.9 Å². The number of sulfonamides is 1. The van der Waals surface area contributed by atoms with Gasteiger partial charge in [0.25, 0.3) is 0 Å². The second kappa shape index (κ2) is 7.08. The highest BCUT2D eigenvalue weighted by molar-refractivity contribution is 7.89. The second-order valence-electron chi connectivity index (χ2n) is 6.07. The zero-order valence-electron chi connectivity index (χ0n) is 12.8. The monoisotopic (exact) mass is 324 g/mol. The third-order valence-electron chi connectivity index (χ3n) is 4.40. The molecule has 1 aromatic carbocycles. The maximum absolute atomic E-state index is 12.2. The van der Waals surface area contributed by atoms with Gasteiger partial charge in [-0.25, -0.2) is 13.1 Å². The number of fused-ring (bicyclic) bond motifs is 1. The Hall–Kier alpha value is -0.950. The first kappa shape index (κ1) is 15.9. The summed E-state index contributed by atoms with van der Waals surface area (Å²) in [6, 6.07) is 8.28. The van der Waals surface area contributed by atoms with E-state index in [4.69, 9.17) is 4.74 Å². The van der Waals surface area contributed by atoms with E-state index in [1.807, 2.05) is 12.1 Å². The summed E-state index contributed by atoms with van der Waals surface area (Å²) in [4.78, 5) is 0. The molecule has 0 aromatic heterocycles. The summed E-state index contributed by atoms with van der Waals surface area (Å²) in [6.45, 7) is 1.96. The van der Waals surface area contributed by atoms with E-state index in [0.717, 1.165) is 32.2 Å². The van der Waals surface area contributed by atoms with E-state index < -0.39 is 10.0 Å². The smallest absolute Gasteiger partial charge is 0.214 e. The molecule has 1 aromatic rings. The Kier molecular flexibility index (Phi) is 5.13. The van der Waals surface area contributed by atoms with Crippen LogP contribution in [0.5, 0.6) is 0 Å². The molecule has 1 fully saturated rings. The fraction of sp³-hybridized carbons (Fsp3) is 0.625. The molecule has 0 saturated carbocycles. The highest BCUT2D eigenvalue weighted by Crippen LogP contribution is 2.22. The minimum Gasteiger partial charge on any atom is -0.377 e. The van der Waals surface area contributed by atoms with Crippen LogP contribution in [0, 0.1) is 0 Å². The van der Waals surface area contributed by atoms with Crippen LogP contribution in [0.2, 0.25) is 0 Å². The van der Waals surface area contributed by atoms with Crippen molar-refractivity contribution in [2.75, 3.05) is 25.4 Å². The maximum Gasteiger partial charge on any atom is 0.214 e. The van der Waals surface area contributed by atoms with Crippen LogP contribution < -0.4 is 10.0 Å². The average molecular weight is 324 g/mol. The van der Waals surface area contributed by atoms with Crippen molar-refractivity contribution in [3.05, 3.63) is 35.4 Å². The molecule has 22 heavy (non-hydrogen) atoms. The third-order valence-corrected chi connectivity index (χ3v) is 5.82. The molecule has 0 spiro atoms. The first-order chi connectivity index (χ1) is 10.6. The van der Waals surface area contributed by atoms with Gasteiger partial charge in [0, 0.05) is 19.2 Å². The minimum atomic E-state index is -3.30. The number of nitrogens with one attached hydrogen (secondary N) is 2. The Morgan fingerprint density at radius 1 is 1.27 bits per heavy atom. The second-order valence-corrected chi connectivity index (χ2v) is 7.93. The summed E-state index contributed by atoms with van der Waals surface area (Å²) in [5, 5.41) is 3.39. The van der Waals surface area contributed by atoms with Gasteiger partial charge in [-0.1, -0.05) is 24.3 Å². The zero-order chi connectivity index (χ0) is 15.4. The molecule has 0 radical (unpaired) electrons. The van der Waals surface area contributed by atoms with Gasteiger partial charge in [-0.05, 0) is 43.4 Å². The number of benzene rings is 1. The Morgan fingerprint density at radius 3 is 2.95 bits per heavy atom. The standard InChI is InChI=1S/C16H24N2O3S/c19-22(20,12-14-6-3-4-10-21-14)18-11-16-15-7-2-1-5-13(15)8-9-17-16/h1-2,5,7,14,16-18H,3-4,6,8-12H2. The average Bonchev–Trinajstić information content (AvgIpc) is 2.53. The van der Waals surface area contributed by atoms with Gasteiger partial charge in [-0.2, -0.15) is 0 Å². The van der Waals surface area contributed by atoms with Crippen LogP contribution in [0.25, 0.3) is 0 Å². The summed E-state index contributed by atoms with van der Waals surface area (Å²) in [5.41, 5.74) is 2.51. The van der Waals surface area contributed by atoms with E-state index in [1.54, 1.807) is 0 Å².